The number of carbonyl (C=O) groups is 4. The quantitative estimate of drug-likeness (QED) is 0.0513. The summed E-state index contributed by atoms with van der Waals surface area (Å²) in [5.74, 6) is -2.91. The topological polar surface area (TPSA) is 182 Å². The van der Waals surface area contributed by atoms with Crippen LogP contribution in [0.3, 0.4) is 0 Å². The van der Waals surface area contributed by atoms with E-state index in [4.69, 9.17) is 23.7 Å². The van der Waals surface area contributed by atoms with Gasteiger partial charge in [0.25, 0.3) is 5.56 Å². The lowest BCUT2D eigenvalue weighted by Gasteiger charge is -2.24. The summed E-state index contributed by atoms with van der Waals surface area (Å²) in [5, 5.41) is 3.27. The Morgan fingerprint density at radius 1 is 0.732 bits per heavy atom. The standard InChI is InChI=1S/C41H45N3O11S/c1-3-5-6-7-8-18-25-31(40(49)51-4-2)56-35-34(45)42-41(50)44(43-35)36-33(55-39(48)29-23-16-11-17-24-29)32(54-38(47)28-21-14-10-15-22-28)30(53-36)26-52-37(46)27-19-12-9-13-20-27/h9-17,19-24,30-33,36H,3-8,18,25-26H2,1-2H3,(H,42,45,50)/t30-,31?,32-,33-,36-/m1/s1. The minimum Gasteiger partial charge on any atom is -0.465 e. The Bertz CT molecular complexity index is 2030. The number of benzene rings is 3. The number of nitrogens with zero attached hydrogens (tertiary/aromatic N) is 2. The van der Waals surface area contributed by atoms with Crippen LogP contribution in [0.25, 0.3) is 0 Å². The molecule has 1 saturated heterocycles. The van der Waals surface area contributed by atoms with Gasteiger partial charge in [-0.15, -0.1) is 0 Å². The maximum atomic E-state index is 13.6. The number of hydrogen-bond acceptors (Lipinski definition) is 13. The predicted molar refractivity (Wildman–Crippen MR) is 205 cm³/mol. The van der Waals surface area contributed by atoms with Gasteiger partial charge in [0, 0.05) is 0 Å². The molecule has 0 saturated carbocycles. The van der Waals surface area contributed by atoms with Gasteiger partial charge in [0.15, 0.2) is 23.5 Å². The molecule has 0 bridgehead atoms. The number of esters is 4. The molecule has 5 atom stereocenters. The van der Waals surface area contributed by atoms with Gasteiger partial charge in [-0.25, -0.2) is 19.2 Å². The maximum Gasteiger partial charge on any atom is 0.347 e. The molecular formula is C41H45N3O11S. The second kappa shape index (κ2) is 20.9. The normalized spacial score (nSPS) is 18.1. The van der Waals surface area contributed by atoms with Crippen LogP contribution in [0, 0.1) is 0 Å². The molecule has 0 radical (unpaired) electrons. The number of carbonyl (C=O) groups excluding carboxylic acids is 4. The smallest absolute Gasteiger partial charge is 0.347 e. The van der Waals surface area contributed by atoms with Crippen LogP contribution >= 0.6 is 11.8 Å². The first-order valence-electron chi connectivity index (χ1n) is 18.7. The Balaban J connectivity index is 1.50. The molecule has 1 aliphatic rings. The van der Waals surface area contributed by atoms with Gasteiger partial charge in [-0.2, -0.15) is 9.78 Å². The highest BCUT2D eigenvalue weighted by molar-refractivity contribution is 8.00. The van der Waals surface area contributed by atoms with Crippen LogP contribution in [-0.4, -0.2) is 75.4 Å². The molecule has 14 nitrogen and oxygen atoms in total. The summed E-state index contributed by atoms with van der Waals surface area (Å²) in [6.07, 6.45) is 0.313. The van der Waals surface area contributed by atoms with Crippen molar-refractivity contribution in [2.75, 3.05) is 13.2 Å². The number of rotatable bonds is 19. The third-order valence-corrected chi connectivity index (χ3v) is 10.1. The van der Waals surface area contributed by atoms with Gasteiger partial charge in [0.1, 0.15) is 18.0 Å². The molecule has 0 aliphatic carbocycles. The Morgan fingerprint density at radius 3 is 1.84 bits per heavy atom. The number of unbranched alkanes of at least 4 members (excludes halogenated alkanes) is 5. The van der Waals surface area contributed by atoms with Crippen LogP contribution in [0.5, 0.6) is 0 Å². The van der Waals surface area contributed by atoms with Gasteiger partial charge < -0.3 is 23.7 Å². The molecule has 4 aromatic rings. The molecule has 56 heavy (non-hydrogen) atoms. The van der Waals surface area contributed by atoms with Crippen LogP contribution in [0.15, 0.2) is 106 Å². The van der Waals surface area contributed by atoms with Crippen molar-refractivity contribution in [2.24, 2.45) is 0 Å². The Hall–Kier alpha value is -5.54. The van der Waals surface area contributed by atoms with E-state index in [2.05, 4.69) is 17.0 Å². The Kier molecular flexibility index (Phi) is 15.6. The number of aromatic amines is 1. The zero-order valence-electron chi connectivity index (χ0n) is 31.2. The molecule has 1 N–H and O–H groups in total. The second-order valence-corrected chi connectivity index (χ2v) is 14.1. The van der Waals surface area contributed by atoms with Crippen molar-refractivity contribution in [2.45, 2.75) is 93.6 Å². The monoisotopic (exact) mass is 787 g/mol. The molecule has 296 valence electrons. The van der Waals surface area contributed by atoms with Crippen LogP contribution in [0.2, 0.25) is 0 Å². The highest BCUT2D eigenvalue weighted by atomic mass is 32.2. The lowest BCUT2D eigenvalue weighted by molar-refractivity contribution is -0.142. The van der Waals surface area contributed by atoms with Crippen LogP contribution in [0.1, 0.15) is 96.1 Å². The molecule has 1 fully saturated rings. The Morgan fingerprint density at radius 2 is 1.27 bits per heavy atom. The molecule has 1 aromatic heterocycles. The van der Waals surface area contributed by atoms with Crippen molar-refractivity contribution in [3.05, 3.63) is 129 Å². The van der Waals surface area contributed by atoms with Crippen LogP contribution in [0.4, 0.5) is 0 Å². The fourth-order valence-electron chi connectivity index (χ4n) is 6.01. The van der Waals surface area contributed by atoms with E-state index in [-0.39, 0.29) is 28.3 Å². The van der Waals surface area contributed by atoms with Gasteiger partial charge >= 0.3 is 29.6 Å². The third kappa shape index (κ3) is 11.3. The summed E-state index contributed by atoms with van der Waals surface area (Å²) < 4.78 is 29.8. The van der Waals surface area contributed by atoms with E-state index in [9.17, 15) is 28.8 Å². The van der Waals surface area contributed by atoms with E-state index in [1.54, 1.807) is 73.7 Å². The zero-order chi connectivity index (χ0) is 39.9. The number of hydrogen-bond donors (Lipinski definition) is 1. The predicted octanol–water partition coefficient (Wildman–Crippen LogP) is 5.91. The number of ether oxygens (including phenoxy) is 5. The molecule has 1 unspecified atom stereocenters. The van der Waals surface area contributed by atoms with Crippen molar-refractivity contribution in [3.8, 4) is 0 Å². The largest absolute Gasteiger partial charge is 0.465 e. The molecular weight excluding hydrogens is 743 g/mol. The summed E-state index contributed by atoms with van der Waals surface area (Å²) in [6.45, 7) is 3.43. The fourth-order valence-corrected chi connectivity index (χ4v) is 7.02. The van der Waals surface area contributed by atoms with Gasteiger partial charge in [0.05, 0.1) is 23.3 Å². The highest BCUT2D eigenvalue weighted by Gasteiger charge is 2.52. The minimum atomic E-state index is -1.61. The Labute approximate surface area is 327 Å². The van der Waals surface area contributed by atoms with Crippen molar-refractivity contribution in [1.82, 2.24) is 14.8 Å². The number of aromatic nitrogens is 3. The third-order valence-electron chi connectivity index (χ3n) is 8.86. The molecule has 15 heteroatoms. The van der Waals surface area contributed by atoms with E-state index >= 15 is 0 Å². The highest BCUT2D eigenvalue weighted by Crippen LogP contribution is 2.35. The summed E-state index contributed by atoms with van der Waals surface area (Å²) in [7, 11) is 0. The summed E-state index contributed by atoms with van der Waals surface area (Å²) in [4.78, 5) is 82.1. The maximum absolute atomic E-state index is 13.6. The van der Waals surface area contributed by atoms with E-state index in [0.29, 0.717) is 12.8 Å². The summed E-state index contributed by atoms with van der Waals surface area (Å²) >= 11 is 0.840. The lowest BCUT2D eigenvalue weighted by atomic mass is 10.1. The van der Waals surface area contributed by atoms with E-state index in [0.717, 1.165) is 48.5 Å². The molecule has 1 aliphatic heterocycles. The fraction of sp³-hybridized carbons (Fsp3) is 0.390. The second-order valence-electron chi connectivity index (χ2n) is 12.9. The molecule has 0 spiro atoms. The first-order valence-corrected chi connectivity index (χ1v) is 19.5. The van der Waals surface area contributed by atoms with Crippen molar-refractivity contribution < 1.29 is 42.9 Å². The van der Waals surface area contributed by atoms with Crippen LogP contribution < -0.4 is 11.2 Å². The van der Waals surface area contributed by atoms with Crippen molar-refractivity contribution in [1.29, 1.82) is 0 Å². The van der Waals surface area contributed by atoms with E-state index in [1.807, 2.05) is 0 Å². The van der Waals surface area contributed by atoms with Crippen LogP contribution in [-0.2, 0) is 28.5 Å². The lowest BCUT2D eigenvalue weighted by Crippen LogP contribution is -2.44. The summed E-state index contributed by atoms with van der Waals surface area (Å²) in [6, 6.07) is 24.2. The first kappa shape index (κ1) is 41.6. The average Bonchev–Trinajstić information content (AvgIpc) is 3.54. The SMILES string of the molecule is CCCCCCCCC(Sc1nn([C@@H]2O[C@H](COC(=O)c3ccccc3)[C@@H](OC(=O)c3ccccc3)[C@H]2OC(=O)c2ccccc2)c(=O)[nH]c1=O)C(=O)OCC. The zero-order valence-corrected chi connectivity index (χ0v) is 32.0. The van der Waals surface area contributed by atoms with Gasteiger partial charge in [-0.1, -0.05) is 112 Å². The van der Waals surface area contributed by atoms with Crippen molar-refractivity contribution in [3.63, 3.8) is 0 Å². The number of thioether (sulfide) groups is 1. The molecule has 2 heterocycles. The van der Waals surface area contributed by atoms with Gasteiger partial charge in [0.2, 0.25) is 0 Å². The number of nitrogens with one attached hydrogen (secondary N) is 1. The van der Waals surface area contributed by atoms with Crippen molar-refractivity contribution >= 4 is 35.6 Å². The molecule has 3 aromatic carbocycles. The molecule has 0 amide bonds. The van der Waals surface area contributed by atoms with E-state index in [1.165, 1.54) is 24.3 Å². The van der Waals surface area contributed by atoms with Gasteiger partial charge in [-0.3, -0.25) is 14.6 Å². The minimum absolute atomic E-state index is 0.124. The van der Waals surface area contributed by atoms with Gasteiger partial charge in [-0.05, 0) is 49.7 Å². The number of H-pyrrole nitrogens is 1. The molecule has 5 rings (SSSR count). The first-order chi connectivity index (χ1) is 27.2. The van der Waals surface area contributed by atoms with E-state index < -0.39 is 71.5 Å². The summed E-state index contributed by atoms with van der Waals surface area (Å²) in [5.41, 5.74) is -1.35. The average molecular weight is 788 g/mol.